The van der Waals surface area contributed by atoms with Crippen molar-refractivity contribution in [2.75, 3.05) is 19.0 Å². The van der Waals surface area contributed by atoms with Gasteiger partial charge in [-0.15, -0.1) is 0 Å². The molecule has 0 aromatic heterocycles. The highest BCUT2D eigenvalue weighted by Crippen LogP contribution is 2.34. The number of hydrogen-bond acceptors (Lipinski definition) is 3. The molecule has 1 atom stereocenters. The van der Waals surface area contributed by atoms with Crippen molar-refractivity contribution in [2.24, 2.45) is 11.7 Å². The van der Waals surface area contributed by atoms with Gasteiger partial charge in [0.15, 0.2) is 0 Å². The zero-order valence-electron chi connectivity index (χ0n) is 10.3. The summed E-state index contributed by atoms with van der Waals surface area (Å²) in [5.74, 6) is 0.154. The van der Waals surface area contributed by atoms with Crippen molar-refractivity contribution in [2.45, 2.75) is 18.9 Å². The van der Waals surface area contributed by atoms with Crippen LogP contribution in [0.4, 0.5) is 5.69 Å². The molecule has 18 heavy (non-hydrogen) atoms. The molecule has 1 saturated carbocycles. The lowest BCUT2D eigenvalue weighted by molar-refractivity contribution is 0.100. The predicted molar refractivity (Wildman–Crippen MR) is 72.0 cm³/mol. The van der Waals surface area contributed by atoms with E-state index in [0.717, 1.165) is 5.69 Å². The highest BCUT2D eigenvalue weighted by molar-refractivity contribution is 6.34. The number of amides is 1. The SMILES string of the molecule is COCC(Nc1ccc(C(N)=O)c(Cl)c1)C1CC1. The second-order valence-electron chi connectivity index (χ2n) is 4.60. The summed E-state index contributed by atoms with van der Waals surface area (Å²) >= 11 is 6.01. The Labute approximate surface area is 111 Å². The summed E-state index contributed by atoms with van der Waals surface area (Å²) < 4.78 is 5.20. The van der Waals surface area contributed by atoms with Crippen molar-refractivity contribution in [1.29, 1.82) is 0 Å². The van der Waals surface area contributed by atoms with Gasteiger partial charge in [0.25, 0.3) is 0 Å². The number of nitrogens with two attached hydrogens (primary N) is 1. The number of rotatable bonds is 6. The van der Waals surface area contributed by atoms with Crippen LogP contribution in [0.1, 0.15) is 23.2 Å². The third-order valence-electron chi connectivity index (χ3n) is 3.12. The number of carbonyl (C=O) groups is 1. The molecule has 1 aromatic carbocycles. The largest absolute Gasteiger partial charge is 0.383 e. The number of ether oxygens (including phenoxy) is 1. The number of methoxy groups -OCH3 is 1. The maximum Gasteiger partial charge on any atom is 0.250 e. The van der Waals surface area contributed by atoms with Crippen LogP contribution in [0.15, 0.2) is 18.2 Å². The van der Waals surface area contributed by atoms with Crippen molar-refractivity contribution < 1.29 is 9.53 Å². The number of benzene rings is 1. The van der Waals surface area contributed by atoms with E-state index in [1.807, 2.05) is 6.07 Å². The molecule has 1 aromatic rings. The van der Waals surface area contributed by atoms with Gasteiger partial charge in [0.2, 0.25) is 5.91 Å². The van der Waals surface area contributed by atoms with Gasteiger partial charge in [-0.1, -0.05) is 11.6 Å². The molecule has 1 fully saturated rings. The minimum Gasteiger partial charge on any atom is -0.383 e. The van der Waals surface area contributed by atoms with Crippen molar-refractivity contribution >= 4 is 23.2 Å². The Morgan fingerprint density at radius 1 is 1.61 bits per heavy atom. The molecule has 5 heteroatoms. The third kappa shape index (κ3) is 3.15. The van der Waals surface area contributed by atoms with E-state index < -0.39 is 5.91 Å². The van der Waals surface area contributed by atoms with Crippen LogP contribution < -0.4 is 11.1 Å². The maximum absolute atomic E-state index is 11.1. The molecule has 1 aliphatic rings. The zero-order valence-corrected chi connectivity index (χ0v) is 11.0. The first-order chi connectivity index (χ1) is 8.61. The summed E-state index contributed by atoms with van der Waals surface area (Å²) in [5.41, 5.74) is 6.44. The normalized spacial score (nSPS) is 16.3. The van der Waals surface area contributed by atoms with E-state index in [2.05, 4.69) is 5.32 Å². The van der Waals surface area contributed by atoms with Crippen LogP contribution in [0.2, 0.25) is 5.02 Å². The van der Waals surface area contributed by atoms with Crippen molar-refractivity contribution in [3.63, 3.8) is 0 Å². The summed E-state index contributed by atoms with van der Waals surface area (Å²) in [6.07, 6.45) is 2.46. The van der Waals surface area contributed by atoms with Gasteiger partial charge < -0.3 is 15.8 Å². The summed E-state index contributed by atoms with van der Waals surface area (Å²) in [6, 6.07) is 5.48. The number of nitrogens with one attached hydrogen (secondary N) is 1. The van der Waals surface area contributed by atoms with Crippen molar-refractivity contribution in [1.82, 2.24) is 0 Å². The number of hydrogen-bond donors (Lipinski definition) is 2. The molecule has 98 valence electrons. The number of anilines is 1. The quantitative estimate of drug-likeness (QED) is 0.832. The fraction of sp³-hybridized carbons (Fsp3) is 0.462. The fourth-order valence-corrected chi connectivity index (χ4v) is 2.27. The van der Waals surface area contributed by atoms with E-state index in [0.29, 0.717) is 29.2 Å². The Hall–Kier alpha value is -1.26. The predicted octanol–water partition coefficient (Wildman–Crippen LogP) is 2.28. The van der Waals surface area contributed by atoms with Crippen LogP contribution in [0.5, 0.6) is 0 Å². The summed E-state index contributed by atoms with van der Waals surface area (Å²) in [5, 5.41) is 3.76. The van der Waals surface area contributed by atoms with Crippen molar-refractivity contribution in [3.8, 4) is 0 Å². The van der Waals surface area contributed by atoms with E-state index in [9.17, 15) is 4.79 Å². The Bertz CT molecular complexity index is 447. The minimum absolute atomic E-state index is 0.297. The first kappa shape index (κ1) is 13.2. The first-order valence-electron chi connectivity index (χ1n) is 5.96. The minimum atomic E-state index is -0.512. The van der Waals surface area contributed by atoms with Crippen LogP contribution >= 0.6 is 11.6 Å². The zero-order chi connectivity index (χ0) is 13.1. The molecular formula is C13H17ClN2O2. The van der Waals surface area contributed by atoms with Gasteiger partial charge >= 0.3 is 0 Å². The van der Waals surface area contributed by atoms with Gasteiger partial charge in [0.1, 0.15) is 0 Å². The number of primary amides is 1. The van der Waals surface area contributed by atoms with E-state index in [1.165, 1.54) is 12.8 Å². The lowest BCUT2D eigenvalue weighted by atomic mass is 10.1. The van der Waals surface area contributed by atoms with Gasteiger partial charge in [0, 0.05) is 12.8 Å². The summed E-state index contributed by atoms with van der Waals surface area (Å²) in [7, 11) is 1.69. The molecule has 1 aliphatic carbocycles. The molecule has 4 nitrogen and oxygen atoms in total. The molecule has 0 radical (unpaired) electrons. The van der Waals surface area contributed by atoms with Crippen LogP contribution in [-0.4, -0.2) is 25.7 Å². The molecule has 0 saturated heterocycles. The van der Waals surface area contributed by atoms with E-state index in [1.54, 1.807) is 19.2 Å². The number of halogens is 1. The van der Waals surface area contributed by atoms with E-state index in [-0.39, 0.29) is 0 Å². The lowest BCUT2D eigenvalue weighted by Gasteiger charge is -2.19. The van der Waals surface area contributed by atoms with Gasteiger partial charge in [-0.2, -0.15) is 0 Å². The van der Waals surface area contributed by atoms with Gasteiger partial charge in [-0.05, 0) is 37.0 Å². The molecular weight excluding hydrogens is 252 g/mol. The second kappa shape index (κ2) is 5.59. The Kier molecular flexibility index (Phi) is 4.09. The summed E-state index contributed by atoms with van der Waals surface area (Å²) in [6.45, 7) is 0.667. The molecule has 0 heterocycles. The summed E-state index contributed by atoms with van der Waals surface area (Å²) in [4.78, 5) is 11.1. The van der Waals surface area contributed by atoms with Gasteiger partial charge in [-0.3, -0.25) is 4.79 Å². The standard InChI is InChI=1S/C13H17ClN2O2/c1-18-7-12(8-2-3-8)16-9-4-5-10(13(15)17)11(14)6-9/h4-6,8,12,16H,2-3,7H2,1H3,(H2,15,17). The molecule has 0 aliphatic heterocycles. The second-order valence-corrected chi connectivity index (χ2v) is 5.01. The third-order valence-corrected chi connectivity index (χ3v) is 3.44. The Morgan fingerprint density at radius 3 is 2.83 bits per heavy atom. The molecule has 0 spiro atoms. The van der Waals surface area contributed by atoms with Crippen LogP contribution in [-0.2, 0) is 4.74 Å². The molecule has 1 unspecified atom stereocenters. The Balaban J connectivity index is 2.08. The van der Waals surface area contributed by atoms with E-state index in [4.69, 9.17) is 22.1 Å². The average Bonchev–Trinajstić information content (AvgIpc) is 3.11. The first-order valence-corrected chi connectivity index (χ1v) is 6.34. The molecule has 0 bridgehead atoms. The monoisotopic (exact) mass is 268 g/mol. The fourth-order valence-electron chi connectivity index (χ4n) is 1.99. The lowest BCUT2D eigenvalue weighted by Crippen LogP contribution is -2.27. The van der Waals surface area contributed by atoms with Crippen molar-refractivity contribution in [3.05, 3.63) is 28.8 Å². The molecule has 3 N–H and O–H groups in total. The van der Waals surface area contributed by atoms with Crippen LogP contribution in [0, 0.1) is 5.92 Å². The van der Waals surface area contributed by atoms with Gasteiger partial charge in [-0.25, -0.2) is 0 Å². The van der Waals surface area contributed by atoms with Gasteiger partial charge in [0.05, 0.1) is 23.2 Å². The average molecular weight is 269 g/mol. The maximum atomic E-state index is 11.1. The smallest absolute Gasteiger partial charge is 0.250 e. The molecule has 2 rings (SSSR count). The highest BCUT2D eigenvalue weighted by Gasteiger charge is 2.31. The number of carbonyl (C=O) groups excluding carboxylic acids is 1. The van der Waals surface area contributed by atoms with E-state index >= 15 is 0 Å². The molecule has 1 amide bonds. The topological polar surface area (TPSA) is 64.3 Å². The Morgan fingerprint density at radius 2 is 2.33 bits per heavy atom. The van der Waals surface area contributed by atoms with Crippen LogP contribution in [0.25, 0.3) is 0 Å². The highest BCUT2D eigenvalue weighted by atomic mass is 35.5. The van der Waals surface area contributed by atoms with Crippen LogP contribution in [0.3, 0.4) is 0 Å².